The summed E-state index contributed by atoms with van der Waals surface area (Å²) in [6, 6.07) is 18.3. The second-order valence-electron chi connectivity index (χ2n) is 7.93. The molecule has 0 atom stereocenters. The van der Waals surface area contributed by atoms with E-state index in [2.05, 4.69) is 67.3 Å². The van der Waals surface area contributed by atoms with Gasteiger partial charge < -0.3 is 4.74 Å². The van der Waals surface area contributed by atoms with Gasteiger partial charge in [-0.15, -0.1) is 6.58 Å². The predicted octanol–water partition coefficient (Wildman–Crippen LogP) is 7.34. The van der Waals surface area contributed by atoms with Gasteiger partial charge in [-0.25, -0.2) is 0 Å². The van der Waals surface area contributed by atoms with Crippen molar-refractivity contribution in [1.29, 1.82) is 0 Å². The molecule has 0 spiro atoms. The summed E-state index contributed by atoms with van der Waals surface area (Å²) < 4.78 is 5.74. The topological polar surface area (TPSA) is 9.23 Å². The van der Waals surface area contributed by atoms with Crippen LogP contribution < -0.4 is 0 Å². The van der Waals surface area contributed by atoms with Gasteiger partial charge in [0, 0.05) is 0 Å². The minimum atomic E-state index is 0.709. The Morgan fingerprint density at radius 3 is 1.89 bits per heavy atom. The highest BCUT2D eigenvalue weighted by atomic mass is 16.5. The molecule has 1 saturated carbocycles. The quantitative estimate of drug-likeness (QED) is 0.329. The molecule has 0 heterocycles. The molecule has 0 unspecified atom stereocenters. The maximum absolute atomic E-state index is 5.74. The third-order valence-electron chi connectivity index (χ3n) is 5.94. The fourth-order valence-electron chi connectivity index (χ4n) is 4.25. The lowest BCUT2D eigenvalue weighted by molar-refractivity contribution is 0.125. The van der Waals surface area contributed by atoms with Crippen molar-refractivity contribution < 1.29 is 4.74 Å². The first-order chi connectivity index (χ1) is 13.8. The number of allylic oxidation sites excluding steroid dienone is 2. The normalized spacial score (nSPS) is 19.8. The molecule has 1 fully saturated rings. The van der Waals surface area contributed by atoms with Crippen molar-refractivity contribution in [1.82, 2.24) is 0 Å². The molecule has 0 amide bonds. The summed E-state index contributed by atoms with van der Waals surface area (Å²) in [6.45, 7) is 7.39. The second-order valence-corrected chi connectivity index (χ2v) is 7.93. The molecule has 3 rings (SSSR count). The lowest BCUT2D eigenvalue weighted by Crippen LogP contribution is -2.12. The van der Waals surface area contributed by atoms with Gasteiger partial charge in [-0.2, -0.15) is 0 Å². The molecule has 0 N–H and O–H groups in total. The largest absolute Gasteiger partial charge is 0.376 e. The Balaban J connectivity index is 1.47. The summed E-state index contributed by atoms with van der Waals surface area (Å²) in [5.41, 5.74) is 5.64. The van der Waals surface area contributed by atoms with E-state index in [1.807, 2.05) is 13.0 Å². The van der Waals surface area contributed by atoms with Gasteiger partial charge >= 0.3 is 0 Å². The third-order valence-corrected chi connectivity index (χ3v) is 5.94. The average Bonchev–Trinajstić information content (AvgIpc) is 2.75. The summed E-state index contributed by atoms with van der Waals surface area (Å²) in [7, 11) is 0. The van der Waals surface area contributed by atoms with Gasteiger partial charge in [0.05, 0.1) is 13.2 Å². The highest BCUT2D eigenvalue weighted by molar-refractivity contribution is 5.29. The summed E-state index contributed by atoms with van der Waals surface area (Å²) >= 11 is 0. The highest BCUT2D eigenvalue weighted by Gasteiger charge is 2.23. The van der Waals surface area contributed by atoms with Crippen molar-refractivity contribution in [2.75, 3.05) is 6.61 Å². The van der Waals surface area contributed by atoms with Gasteiger partial charge in [-0.3, -0.25) is 0 Å². The molecule has 148 valence electrons. The molecule has 0 aliphatic heterocycles. The number of rotatable bonds is 9. The van der Waals surface area contributed by atoms with Gasteiger partial charge in [-0.1, -0.05) is 66.8 Å². The Morgan fingerprint density at radius 2 is 1.39 bits per heavy atom. The lowest BCUT2D eigenvalue weighted by Gasteiger charge is -2.29. The van der Waals surface area contributed by atoms with Crippen LogP contribution in [0.15, 0.2) is 73.3 Å². The second kappa shape index (κ2) is 11.0. The van der Waals surface area contributed by atoms with Crippen molar-refractivity contribution in [3.63, 3.8) is 0 Å². The van der Waals surface area contributed by atoms with E-state index < -0.39 is 0 Å². The average molecular weight is 375 g/mol. The number of hydrogen-bond acceptors (Lipinski definition) is 1. The minimum absolute atomic E-state index is 0.709. The Bertz CT molecular complexity index is 731. The SMILES string of the molecule is C=CCc1ccc([C@H]2CC[C@H](c3ccc(COCC/C=C/C)cc3)CC2)cc1. The van der Waals surface area contributed by atoms with Crippen molar-refractivity contribution in [3.8, 4) is 0 Å². The van der Waals surface area contributed by atoms with Crippen molar-refractivity contribution in [3.05, 3.63) is 95.6 Å². The Morgan fingerprint density at radius 1 is 0.857 bits per heavy atom. The smallest absolute Gasteiger partial charge is 0.0717 e. The zero-order valence-corrected chi connectivity index (χ0v) is 17.3. The first-order valence-electron chi connectivity index (χ1n) is 10.8. The van der Waals surface area contributed by atoms with Crippen LogP contribution >= 0.6 is 0 Å². The van der Waals surface area contributed by atoms with Crippen LogP contribution in [0.2, 0.25) is 0 Å². The Hall–Kier alpha value is -2.12. The predicted molar refractivity (Wildman–Crippen MR) is 120 cm³/mol. The maximum atomic E-state index is 5.74. The zero-order chi connectivity index (χ0) is 19.6. The maximum Gasteiger partial charge on any atom is 0.0717 e. The molecule has 2 aromatic carbocycles. The van der Waals surface area contributed by atoms with Crippen LogP contribution in [0.5, 0.6) is 0 Å². The molecule has 0 bridgehead atoms. The van der Waals surface area contributed by atoms with E-state index in [1.165, 1.54) is 47.9 Å². The summed E-state index contributed by atoms with van der Waals surface area (Å²) in [4.78, 5) is 0. The van der Waals surface area contributed by atoms with Crippen LogP contribution in [0, 0.1) is 0 Å². The molecule has 1 aliphatic carbocycles. The molecule has 28 heavy (non-hydrogen) atoms. The van der Waals surface area contributed by atoms with Crippen LogP contribution in [0.3, 0.4) is 0 Å². The van der Waals surface area contributed by atoms with Crippen LogP contribution in [-0.4, -0.2) is 6.61 Å². The number of ether oxygens (including phenoxy) is 1. The van der Waals surface area contributed by atoms with Gasteiger partial charge in [0.1, 0.15) is 0 Å². The molecule has 1 heteroatoms. The molecule has 2 aromatic rings. The summed E-state index contributed by atoms with van der Waals surface area (Å²) in [5, 5.41) is 0. The fraction of sp³-hybridized carbons (Fsp3) is 0.407. The summed E-state index contributed by atoms with van der Waals surface area (Å²) in [5.74, 6) is 1.43. The van der Waals surface area contributed by atoms with Crippen LogP contribution in [0.4, 0.5) is 0 Å². The van der Waals surface area contributed by atoms with E-state index in [4.69, 9.17) is 4.74 Å². The molecule has 0 radical (unpaired) electrons. The Kier molecular flexibility index (Phi) is 8.11. The van der Waals surface area contributed by atoms with E-state index in [-0.39, 0.29) is 0 Å². The van der Waals surface area contributed by atoms with E-state index in [9.17, 15) is 0 Å². The lowest BCUT2D eigenvalue weighted by atomic mass is 9.76. The van der Waals surface area contributed by atoms with E-state index >= 15 is 0 Å². The molecular weight excluding hydrogens is 340 g/mol. The van der Waals surface area contributed by atoms with Crippen LogP contribution in [0.1, 0.15) is 73.1 Å². The number of benzene rings is 2. The Labute approximate surface area is 171 Å². The fourth-order valence-corrected chi connectivity index (χ4v) is 4.25. The molecule has 1 nitrogen and oxygen atoms in total. The summed E-state index contributed by atoms with van der Waals surface area (Å²) in [6.07, 6.45) is 13.3. The third kappa shape index (κ3) is 5.94. The van der Waals surface area contributed by atoms with E-state index in [1.54, 1.807) is 0 Å². The molecule has 0 aromatic heterocycles. The van der Waals surface area contributed by atoms with Gasteiger partial charge in [0.25, 0.3) is 0 Å². The van der Waals surface area contributed by atoms with Crippen molar-refractivity contribution >= 4 is 0 Å². The van der Waals surface area contributed by atoms with Crippen LogP contribution in [0.25, 0.3) is 0 Å². The first-order valence-corrected chi connectivity index (χ1v) is 10.8. The molecular formula is C27H34O. The van der Waals surface area contributed by atoms with Crippen molar-refractivity contribution in [2.24, 2.45) is 0 Å². The monoisotopic (exact) mass is 374 g/mol. The van der Waals surface area contributed by atoms with Gasteiger partial charge in [0.15, 0.2) is 0 Å². The van der Waals surface area contributed by atoms with Gasteiger partial charge in [0.2, 0.25) is 0 Å². The molecule has 1 aliphatic rings. The van der Waals surface area contributed by atoms with Crippen molar-refractivity contribution in [2.45, 2.75) is 63.9 Å². The minimum Gasteiger partial charge on any atom is -0.376 e. The standard InChI is InChI=1S/C27H34O/c1-3-5-6-20-28-21-23-10-14-25(15-11-23)27-18-16-26(17-19-27)24-12-8-22(7-4-2)9-13-24/h3-5,8-15,26-27H,2,6-7,16-21H2,1H3/b5-3+/t26-,27-. The zero-order valence-electron chi connectivity index (χ0n) is 17.3. The number of hydrogen-bond donors (Lipinski definition) is 0. The first kappa shape index (κ1) is 20.6. The van der Waals surface area contributed by atoms with E-state index in [0.717, 1.165) is 25.4 Å². The highest BCUT2D eigenvalue weighted by Crippen LogP contribution is 2.40. The van der Waals surface area contributed by atoms with Crippen LogP contribution in [-0.2, 0) is 17.8 Å². The van der Waals surface area contributed by atoms with Gasteiger partial charge in [-0.05, 0) is 79.5 Å². The molecule has 0 saturated heterocycles. The van der Waals surface area contributed by atoms with E-state index in [0.29, 0.717) is 12.5 Å².